The van der Waals surface area contributed by atoms with E-state index in [2.05, 4.69) is 34.0 Å². The number of piperidine rings is 2. The van der Waals surface area contributed by atoms with Crippen LogP contribution in [0.15, 0.2) is 10.7 Å². The normalized spacial score (nSPS) is 24.2. The van der Waals surface area contributed by atoms with Crippen LogP contribution in [0.2, 0.25) is 0 Å². The van der Waals surface area contributed by atoms with Crippen molar-refractivity contribution < 1.29 is 9.55 Å². The summed E-state index contributed by atoms with van der Waals surface area (Å²) in [4.78, 5) is 15.9. The van der Waals surface area contributed by atoms with Crippen LogP contribution in [-0.4, -0.2) is 41.4 Å². The number of nitro groups is 1. The molecule has 0 radical (unpaired) electrons. The minimum absolute atomic E-state index is 0.0177. The van der Waals surface area contributed by atoms with Gasteiger partial charge in [0.05, 0.1) is 10.6 Å². The monoisotopic (exact) mass is 359 g/mol. The summed E-state index contributed by atoms with van der Waals surface area (Å²) in [5.41, 5.74) is 2.34. The summed E-state index contributed by atoms with van der Waals surface area (Å²) in [6.07, 6.45) is 4.53. The van der Waals surface area contributed by atoms with Gasteiger partial charge in [0, 0.05) is 26.2 Å². The number of hydrogen-bond acceptors (Lipinski definition) is 7. The fraction of sp³-hybridized carbons (Fsp3) is 0.667. The Balaban J connectivity index is 1.86. The molecule has 0 spiro atoms. The van der Waals surface area contributed by atoms with Crippen molar-refractivity contribution in [2.75, 3.05) is 36.0 Å². The van der Waals surface area contributed by atoms with Gasteiger partial charge >= 0.3 is 5.69 Å². The van der Waals surface area contributed by atoms with Gasteiger partial charge in [0.15, 0.2) is 5.52 Å². The van der Waals surface area contributed by atoms with Crippen molar-refractivity contribution in [3.63, 3.8) is 0 Å². The van der Waals surface area contributed by atoms with Crippen LogP contribution >= 0.6 is 0 Å². The Morgan fingerprint density at radius 3 is 2.19 bits per heavy atom. The van der Waals surface area contributed by atoms with Gasteiger partial charge in [-0.3, -0.25) is 10.1 Å². The molecule has 8 heteroatoms. The van der Waals surface area contributed by atoms with Crippen LogP contribution in [0.4, 0.5) is 17.1 Å². The lowest BCUT2D eigenvalue weighted by Gasteiger charge is -2.35. The summed E-state index contributed by atoms with van der Waals surface area (Å²) in [6.45, 7) is 7.95. The molecule has 1 aromatic carbocycles. The second-order valence-electron chi connectivity index (χ2n) is 7.87. The average Bonchev–Trinajstić information content (AvgIpc) is 3.09. The summed E-state index contributed by atoms with van der Waals surface area (Å²) in [7, 11) is 0. The van der Waals surface area contributed by atoms with Crippen LogP contribution in [0.5, 0.6) is 0 Å². The Kier molecular flexibility index (Phi) is 4.42. The summed E-state index contributed by atoms with van der Waals surface area (Å²) in [5.74, 6) is 1.11. The molecule has 3 heterocycles. The van der Waals surface area contributed by atoms with Crippen molar-refractivity contribution in [1.29, 1.82) is 0 Å². The van der Waals surface area contributed by atoms with E-state index in [9.17, 15) is 10.1 Å². The molecule has 2 atom stereocenters. The standard InChI is InChI=1S/C18H25N5O3/c1-12-5-3-7-21(10-12)14-9-15(22-8-4-6-13(2)11-22)18(23(24)25)17-16(14)19-26-20-17/h9,12-13H,3-8,10-11H2,1-2H3/t12-,13-/m0/s1. The first kappa shape index (κ1) is 17.1. The molecule has 1 aromatic heterocycles. The summed E-state index contributed by atoms with van der Waals surface area (Å²) >= 11 is 0. The van der Waals surface area contributed by atoms with Crippen molar-refractivity contribution in [2.45, 2.75) is 39.5 Å². The molecule has 8 nitrogen and oxygen atoms in total. The number of nitrogens with zero attached hydrogens (tertiary/aromatic N) is 5. The Hall–Kier alpha value is -2.38. The van der Waals surface area contributed by atoms with Crippen molar-refractivity contribution in [3.05, 3.63) is 16.2 Å². The van der Waals surface area contributed by atoms with Gasteiger partial charge in [-0.2, -0.15) is 0 Å². The van der Waals surface area contributed by atoms with E-state index in [1.54, 1.807) is 0 Å². The number of fused-ring (bicyclic) bond motifs is 1. The van der Waals surface area contributed by atoms with Crippen LogP contribution < -0.4 is 9.80 Å². The quantitative estimate of drug-likeness (QED) is 0.611. The number of rotatable bonds is 3. The zero-order chi connectivity index (χ0) is 18.3. The van der Waals surface area contributed by atoms with Gasteiger partial charge < -0.3 is 9.80 Å². The highest BCUT2D eigenvalue weighted by atomic mass is 16.6. The molecule has 2 fully saturated rings. The van der Waals surface area contributed by atoms with E-state index in [1.165, 1.54) is 6.42 Å². The fourth-order valence-corrected chi connectivity index (χ4v) is 4.38. The van der Waals surface area contributed by atoms with Gasteiger partial charge in [-0.1, -0.05) is 13.8 Å². The van der Waals surface area contributed by atoms with Crippen molar-refractivity contribution in [2.24, 2.45) is 11.8 Å². The van der Waals surface area contributed by atoms with Crippen molar-refractivity contribution in [3.8, 4) is 0 Å². The van der Waals surface area contributed by atoms with E-state index in [0.717, 1.165) is 51.1 Å². The Labute approximate surface area is 152 Å². The van der Waals surface area contributed by atoms with E-state index in [4.69, 9.17) is 4.63 Å². The van der Waals surface area contributed by atoms with E-state index in [1.807, 2.05) is 6.07 Å². The highest BCUT2D eigenvalue weighted by Crippen LogP contribution is 2.42. The number of nitro benzene ring substituents is 1. The Morgan fingerprint density at radius 2 is 1.62 bits per heavy atom. The SMILES string of the molecule is C[C@H]1CCCN(c2cc(N3CCC[C@H](C)C3)c3nonc3c2[N+](=O)[O-])C1. The van der Waals surface area contributed by atoms with Gasteiger partial charge in [-0.15, -0.1) is 0 Å². The predicted octanol–water partition coefficient (Wildman–Crippen LogP) is 3.60. The summed E-state index contributed by atoms with van der Waals surface area (Å²) in [6, 6.07) is 1.95. The molecule has 2 saturated heterocycles. The number of hydrogen-bond donors (Lipinski definition) is 0. The van der Waals surface area contributed by atoms with E-state index >= 15 is 0 Å². The van der Waals surface area contributed by atoms with E-state index in [0.29, 0.717) is 23.0 Å². The number of aromatic nitrogens is 2. The maximum absolute atomic E-state index is 11.9. The molecule has 2 aliphatic heterocycles. The van der Waals surface area contributed by atoms with Crippen LogP contribution in [0.25, 0.3) is 11.0 Å². The Bertz CT molecular complexity index is 821. The molecular formula is C18H25N5O3. The smallest absolute Gasteiger partial charge is 0.323 e. The van der Waals surface area contributed by atoms with Gasteiger partial charge in [-0.05, 0) is 53.9 Å². The fourth-order valence-electron chi connectivity index (χ4n) is 4.38. The Morgan fingerprint density at radius 1 is 1.04 bits per heavy atom. The molecule has 0 saturated carbocycles. The van der Waals surface area contributed by atoms with Crippen LogP contribution in [-0.2, 0) is 0 Å². The molecule has 2 aromatic rings. The van der Waals surface area contributed by atoms with Gasteiger partial charge in [0.1, 0.15) is 5.69 Å². The van der Waals surface area contributed by atoms with Gasteiger partial charge in [-0.25, -0.2) is 4.63 Å². The first-order valence-electron chi connectivity index (χ1n) is 9.48. The topological polar surface area (TPSA) is 88.5 Å². The third kappa shape index (κ3) is 2.97. The first-order chi connectivity index (χ1) is 12.5. The first-order valence-corrected chi connectivity index (χ1v) is 9.48. The van der Waals surface area contributed by atoms with Crippen molar-refractivity contribution in [1.82, 2.24) is 10.3 Å². The largest absolute Gasteiger partial charge is 0.369 e. The van der Waals surface area contributed by atoms with Crippen LogP contribution in [0, 0.1) is 22.0 Å². The minimum atomic E-state index is -0.344. The molecular weight excluding hydrogens is 334 g/mol. The zero-order valence-corrected chi connectivity index (χ0v) is 15.3. The second-order valence-corrected chi connectivity index (χ2v) is 7.87. The van der Waals surface area contributed by atoms with E-state index < -0.39 is 0 Å². The molecule has 2 aliphatic rings. The maximum atomic E-state index is 11.9. The number of anilines is 2. The molecule has 26 heavy (non-hydrogen) atoms. The molecule has 0 N–H and O–H groups in total. The highest BCUT2D eigenvalue weighted by molar-refractivity contribution is 6.00. The zero-order valence-electron chi connectivity index (χ0n) is 15.3. The average molecular weight is 359 g/mol. The second kappa shape index (κ2) is 6.74. The van der Waals surface area contributed by atoms with E-state index in [-0.39, 0.29) is 16.1 Å². The summed E-state index contributed by atoms with van der Waals surface area (Å²) in [5, 5.41) is 19.8. The van der Waals surface area contributed by atoms with Gasteiger partial charge in [0.25, 0.3) is 0 Å². The summed E-state index contributed by atoms with van der Waals surface area (Å²) < 4.78 is 4.93. The third-order valence-corrected chi connectivity index (χ3v) is 5.65. The van der Waals surface area contributed by atoms with Crippen molar-refractivity contribution >= 4 is 28.1 Å². The lowest BCUT2D eigenvalue weighted by molar-refractivity contribution is -0.382. The van der Waals surface area contributed by atoms with Crippen LogP contribution in [0.3, 0.4) is 0 Å². The lowest BCUT2D eigenvalue weighted by atomic mass is 9.98. The molecule has 140 valence electrons. The minimum Gasteiger partial charge on any atom is -0.369 e. The third-order valence-electron chi connectivity index (χ3n) is 5.65. The van der Waals surface area contributed by atoms with Gasteiger partial charge in [0.2, 0.25) is 5.52 Å². The van der Waals surface area contributed by atoms with Crippen LogP contribution in [0.1, 0.15) is 39.5 Å². The molecule has 4 rings (SSSR count). The maximum Gasteiger partial charge on any atom is 0.323 e. The molecule has 0 unspecified atom stereocenters. The molecule has 0 amide bonds. The predicted molar refractivity (Wildman–Crippen MR) is 99.7 cm³/mol. The highest BCUT2D eigenvalue weighted by Gasteiger charge is 2.32. The molecule has 0 aliphatic carbocycles. The molecule has 0 bridgehead atoms. The number of benzene rings is 1. The lowest BCUT2D eigenvalue weighted by Crippen LogP contribution is -2.36.